The van der Waals surface area contributed by atoms with Crippen LogP contribution in [-0.4, -0.2) is 67.9 Å². The first kappa shape index (κ1) is 20.2. The number of hydrogen-bond donors (Lipinski definition) is 0. The lowest BCUT2D eigenvalue weighted by atomic mass is 9.83. The number of benzene rings is 1. The SMILES string of the molecule is CC1CN(CCCOc2ccc3c(c2)CCC(CN2CCCC2)C3)CC(C)O1. The molecule has 0 bridgehead atoms. The van der Waals surface area contributed by atoms with Gasteiger partial charge in [0.2, 0.25) is 0 Å². The fourth-order valence-electron chi connectivity index (χ4n) is 5.33. The van der Waals surface area contributed by atoms with Crippen LogP contribution in [0.25, 0.3) is 0 Å². The van der Waals surface area contributed by atoms with Gasteiger partial charge in [-0.15, -0.1) is 0 Å². The summed E-state index contributed by atoms with van der Waals surface area (Å²) in [6.45, 7) is 12.3. The molecular formula is C24H38N2O2. The third-order valence-corrected chi connectivity index (χ3v) is 6.61. The smallest absolute Gasteiger partial charge is 0.119 e. The van der Waals surface area contributed by atoms with Gasteiger partial charge in [0.25, 0.3) is 0 Å². The summed E-state index contributed by atoms with van der Waals surface area (Å²) in [6, 6.07) is 6.82. The van der Waals surface area contributed by atoms with Crippen LogP contribution in [0.4, 0.5) is 0 Å². The summed E-state index contributed by atoms with van der Waals surface area (Å²) in [5, 5.41) is 0. The molecule has 2 heterocycles. The molecule has 1 aromatic carbocycles. The summed E-state index contributed by atoms with van der Waals surface area (Å²) < 4.78 is 11.9. The molecule has 3 unspecified atom stereocenters. The van der Waals surface area contributed by atoms with Gasteiger partial charge in [-0.3, -0.25) is 4.90 Å². The quantitative estimate of drug-likeness (QED) is 0.666. The van der Waals surface area contributed by atoms with Gasteiger partial charge in [0.1, 0.15) is 5.75 Å². The van der Waals surface area contributed by atoms with E-state index in [4.69, 9.17) is 9.47 Å². The van der Waals surface area contributed by atoms with Gasteiger partial charge >= 0.3 is 0 Å². The highest BCUT2D eigenvalue weighted by Crippen LogP contribution is 2.30. The minimum absolute atomic E-state index is 0.347. The van der Waals surface area contributed by atoms with E-state index in [1.807, 2.05) is 0 Å². The fraction of sp³-hybridized carbons (Fsp3) is 0.750. The third-order valence-electron chi connectivity index (χ3n) is 6.61. The molecule has 1 aromatic rings. The average Bonchev–Trinajstić information content (AvgIpc) is 3.17. The summed E-state index contributed by atoms with van der Waals surface area (Å²) in [6.07, 6.45) is 8.36. The van der Waals surface area contributed by atoms with Crippen molar-refractivity contribution < 1.29 is 9.47 Å². The second-order valence-electron chi connectivity index (χ2n) is 9.27. The van der Waals surface area contributed by atoms with E-state index >= 15 is 0 Å². The molecule has 0 amide bonds. The van der Waals surface area contributed by atoms with Crippen molar-refractivity contribution in [1.29, 1.82) is 0 Å². The van der Waals surface area contributed by atoms with Crippen LogP contribution in [0.15, 0.2) is 18.2 Å². The first-order valence-electron chi connectivity index (χ1n) is 11.5. The molecule has 3 aliphatic rings. The minimum Gasteiger partial charge on any atom is -0.494 e. The monoisotopic (exact) mass is 386 g/mol. The van der Waals surface area contributed by atoms with E-state index < -0.39 is 0 Å². The molecular weight excluding hydrogens is 348 g/mol. The van der Waals surface area contributed by atoms with Gasteiger partial charge in [0, 0.05) is 26.2 Å². The Morgan fingerprint density at radius 3 is 2.61 bits per heavy atom. The van der Waals surface area contributed by atoms with Crippen molar-refractivity contribution in [1.82, 2.24) is 9.80 Å². The largest absolute Gasteiger partial charge is 0.494 e. The predicted molar refractivity (Wildman–Crippen MR) is 114 cm³/mol. The van der Waals surface area contributed by atoms with Crippen molar-refractivity contribution in [2.45, 2.75) is 64.6 Å². The Balaban J connectivity index is 1.20. The van der Waals surface area contributed by atoms with E-state index in [1.54, 1.807) is 5.56 Å². The Kier molecular flexibility index (Phi) is 6.92. The highest BCUT2D eigenvalue weighted by Gasteiger charge is 2.23. The van der Waals surface area contributed by atoms with Crippen LogP contribution in [0.1, 0.15) is 50.7 Å². The third kappa shape index (κ3) is 5.49. The first-order chi connectivity index (χ1) is 13.7. The Morgan fingerprint density at radius 2 is 1.82 bits per heavy atom. The van der Waals surface area contributed by atoms with Crippen LogP contribution < -0.4 is 4.74 Å². The van der Waals surface area contributed by atoms with Gasteiger partial charge in [-0.05, 0) is 94.6 Å². The molecule has 0 radical (unpaired) electrons. The molecule has 0 saturated carbocycles. The maximum atomic E-state index is 6.09. The number of aryl methyl sites for hydroxylation is 1. The molecule has 28 heavy (non-hydrogen) atoms. The molecule has 4 heteroatoms. The first-order valence-corrected chi connectivity index (χ1v) is 11.5. The lowest BCUT2D eigenvalue weighted by Crippen LogP contribution is -2.45. The molecule has 0 N–H and O–H groups in total. The number of fused-ring (bicyclic) bond motifs is 1. The van der Waals surface area contributed by atoms with E-state index in [0.29, 0.717) is 12.2 Å². The Morgan fingerprint density at radius 1 is 1.04 bits per heavy atom. The molecule has 0 aromatic heterocycles. The van der Waals surface area contributed by atoms with Crippen molar-refractivity contribution in [2.24, 2.45) is 5.92 Å². The maximum Gasteiger partial charge on any atom is 0.119 e. The normalized spacial score (nSPS) is 29.0. The number of rotatable bonds is 7. The van der Waals surface area contributed by atoms with E-state index in [9.17, 15) is 0 Å². The van der Waals surface area contributed by atoms with Crippen LogP contribution in [0.3, 0.4) is 0 Å². The van der Waals surface area contributed by atoms with Crippen LogP contribution in [0.5, 0.6) is 5.75 Å². The Labute approximate surface area is 171 Å². The van der Waals surface area contributed by atoms with E-state index in [0.717, 1.165) is 44.3 Å². The average molecular weight is 387 g/mol. The van der Waals surface area contributed by atoms with Crippen molar-refractivity contribution in [3.8, 4) is 5.75 Å². The van der Waals surface area contributed by atoms with Crippen LogP contribution >= 0.6 is 0 Å². The summed E-state index contributed by atoms with van der Waals surface area (Å²) in [5.41, 5.74) is 3.07. The molecule has 2 aliphatic heterocycles. The topological polar surface area (TPSA) is 24.9 Å². The molecule has 3 atom stereocenters. The number of morpholine rings is 1. The molecule has 2 fully saturated rings. The highest BCUT2D eigenvalue weighted by atomic mass is 16.5. The van der Waals surface area contributed by atoms with Crippen molar-refractivity contribution in [2.75, 3.05) is 45.9 Å². The van der Waals surface area contributed by atoms with Gasteiger partial charge in [-0.2, -0.15) is 0 Å². The summed E-state index contributed by atoms with van der Waals surface area (Å²) in [7, 11) is 0. The molecule has 156 valence electrons. The zero-order chi connectivity index (χ0) is 19.3. The highest BCUT2D eigenvalue weighted by molar-refractivity contribution is 5.37. The number of hydrogen-bond acceptors (Lipinski definition) is 4. The lowest BCUT2D eigenvalue weighted by Gasteiger charge is -2.35. The van der Waals surface area contributed by atoms with E-state index in [2.05, 4.69) is 41.8 Å². The van der Waals surface area contributed by atoms with Gasteiger partial charge in [0.05, 0.1) is 18.8 Å². The van der Waals surface area contributed by atoms with Crippen molar-refractivity contribution in [3.63, 3.8) is 0 Å². The minimum atomic E-state index is 0.347. The molecule has 4 rings (SSSR count). The molecule has 0 spiro atoms. The second kappa shape index (κ2) is 9.60. The Bertz CT molecular complexity index is 619. The molecule has 4 nitrogen and oxygen atoms in total. The number of nitrogens with zero attached hydrogens (tertiary/aromatic N) is 2. The standard InChI is InChI=1S/C24H38N2O2/c1-19-16-26(17-20(2)28-19)12-5-13-27-24-9-8-22-14-21(6-7-23(22)15-24)18-25-10-3-4-11-25/h8-9,15,19-21H,3-7,10-14,16-18H2,1-2H3. The fourth-order valence-corrected chi connectivity index (χ4v) is 5.33. The summed E-state index contributed by atoms with van der Waals surface area (Å²) in [5.74, 6) is 1.90. The van der Waals surface area contributed by atoms with E-state index in [1.165, 1.54) is 57.3 Å². The maximum absolute atomic E-state index is 6.09. The van der Waals surface area contributed by atoms with Gasteiger partial charge in [-0.1, -0.05) is 6.07 Å². The van der Waals surface area contributed by atoms with Gasteiger partial charge in [-0.25, -0.2) is 0 Å². The van der Waals surface area contributed by atoms with Crippen LogP contribution in [-0.2, 0) is 17.6 Å². The zero-order valence-electron chi connectivity index (χ0n) is 17.9. The second-order valence-corrected chi connectivity index (χ2v) is 9.27. The van der Waals surface area contributed by atoms with Gasteiger partial charge in [0.15, 0.2) is 0 Å². The van der Waals surface area contributed by atoms with Crippen LogP contribution in [0.2, 0.25) is 0 Å². The lowest BCUT2D eigenvalue weighted by molar-refractivity contribution is -0.0686. The number of likely N-dealkylation sites (tertiary alicyclic amines) is 1. The molecule has 1 aliphatic carbocycles. The van der Waals surface area contributed by atoms with Crippen LogP contribution in [0, 0.1) is 5.92 Å². The predicted octanol–water partition coefficient (Wildman–Crippen LogP) is 3.77. The zero-order valence-corrected chi connectivity index (χ0v) is 17.9. The van der Waals surface area contributed by atoms with Crippen molar-refractivity contribution >= 4 is 0 Å². The Hall–Kier alpha value is -1.10. The van der Waals surface area contributed by atoms with E-state index in [-0.39, 0.29) is 0 Å². The molecule has 2 saturated heterocycles. The summed E-state index contributed by atoms with van der Waals surface area (Å²) in [4.78, 5) is 5.18. The van der Waals surface area contributed by atoms with Crippen molar-refractivity contribution in [3.05, 3.63) is 29.3 Å². The number of ether oxygens (including phenoxy) is 2. The van der Waals surface area contributed by atoms with Gasteiger partial charge < -0.3 is 14.4 Å². The summed E-state index contributed by atoms with van der Waals surface area (Å²) >= 11 is 0.